The number of aromatic hydroxyl groups is 2. The summed E-state index contributed by atoms with van der Waals surface area (Å²) < 4.78 is 0. The van der Waals surface area contributed by atoms with E-state index >= 15 is 0 Å². The summed E-state index contributed by atoms with van der Waals surface area (Å²) in [6, 6.07) is 21.7. The van der Waals surface area contributed by atoms with E-state index in [-0.39, 0.29) is 11.5 Å². The summed E-state index contributed by atoms with van der Waals surface area (Å²) in [5.74, 6) is 0.346. The number of phenols is 2. The Kier molecular flexibility index (Phi) is 4.38. The highest BCUT2D eigenvalue weighted by Crippen LogP contribution is 2.23. The van der Waals surface area contributed by atoms with Gasteiger partial charge in [0.25, 0.3) is 0 Å². The van der Waals surface area contributed by atoms with Crippen LogP contribution in [0.4, 0.5) is 11.4 Å². The number of para-hydroxylation sites is 2. The first-order valence-electron chi connectivity index (χ1n) is 8.91. The van der Waals surface area contributed by atoms with Gasteiger partial charge < -0.3 is 21.7 Å². The van der Waals surface area contributed by atoms with Gasteiger partial charge >= 0.3 is 0 Å². The monoisotopic (exact) mass is 368 g/mol. The number of nitrogens with two attached hydrogens (primary N) is 2. The van der Waals surface area contributed by atoms with E-state index in [9.17, 15) is 10.2 Å². The second kappa shape index (κ2) is 7.00. The zero-order valence-corrected chi connectivity index (χ0v) is 15.1. The lowest BCUT2D eigenvalue weighted by atomic mass is 10.0. The van der Waals surface area contributed by atoms with Gasteiger partial charge in [0.2, 0.25) is 0 Å². The highest BCUT2D eigenvalue weighted by atomic mass is 16.3. The molecule has 0 unspecified atom stereocenters. The topological polar surface area (TPSA) is 92.5 Å². The van der Waals surface area contributed by atoms with Gasteiger partial charge in [0, 0.05) is 38.5 Å². The van der Waals surface area contributed by atoms with Crippen LogP contribution in [-0.2, 0) is 0 Å². The van der Waals surface area contributed by atoms with Gasteiger partial charge in [-0.05, 0) is 41.6 Å². The van der Waals surface area contributed by atoms with Gasteiger partial charge in [-0.3, -0.25) is 0 Å². The minimum absolute atomic E-state index is 0.170. The lowest BCUT2D eigenvalue weighted by molar-refractivity contribution is 0.473. The SMILES string of the molecule is Nc1cccc2c(N)c(=Cc3ccccc3O)c(=Cc3ccccc3O)cc12. The molecule has 0 spiro atoms. The second-order valence-corrected chi connectivity index (χ2v) is 6.64. The third kappa shape index (κ3) is 3.12. The van der Waals surface area contributed by atoms with Crippen LogP contribution in [0.2, 0.25) is 0 Å². The Morgan fingerprint density at radius 2 is 1.25 bits per heavy atom. The summed E-state index contributed by atoms with van der Waals surface area (Å²) in [4.78, 5) is 0. The number of phenolic OH excluding ortho intramolecular Hbond substituents is 2. The Bertz CT molecular complexity index is 1310. The zero-order valence-electron chi connectivity index (χ0n) is 15.1. The lowest BCUT2D eigenvalue weighted by Gasteiger charge is -2.08. The number of rotatable bonds is 2. The summed E-state index contributed by atoms with van der Waals surface area (Å²) >= 11 is 0. The smallest absolute Gasteiger partial charge is 0.122 e. The van der Waals surface area contributed by atoms with E-state index in [2.05, 4.69) is 0 Å². The molecular formula is C24H20N2O2. The molecular weight excluding hydrogens is 348 g/mol. The fourth-order valence-corrected chi connectivity index (χ4v) is 3.34. The molecule has 4 nitrogen and oxygen atoms in total. The highest BCUT2D eigenvalue weighted by molar-refractivity contribution is 6.00. The van der Waals surface area contributed by atoms with Gasteiger partial charge in [0.15, 0.2) is 0 Å². The van der Waals surface area contributed by atoms with Crippen LogP contribution < -0.4 is 21.9 Å². The van der Waals surface area contributed by atoms with Gasteiger partial charge in [-0.2, -0.15) is 0 Å². The van der Waals surface area contributed by atoms with Crippen molar-refractivity contribution >= 4 is 34.3 Å². The number of hydrogen-bond acceptors (Lipinski definition) is 4. The predicted octanol–water partition coefficient (Wildman–Crippen LogP) is 3.07. The van der Waals surface area contributed by atoms with Crippen molar-refractivity contribution in [2.75, 3.05) is 11.5 Å². The molecule has 0 aliphatic rings. The molecule has 4 aromatic rings. The maximum absolute atomic E-state index is 10.2. The minimum atomic E-state index is 0.170. The molecule has 0 atom stereocenters. The largest absolute Gasteiger partial charge is 0.507 e. The van der Waals surface area contributed by atoms with Crippen molar-refractivity contribution in [1.82, 2.24) is 0 Å². The van der Waals surface area contributed by atoms with Crippen molar-refractivity contribution in [3.05, 3.63) is 94.4 Å². The molecule has 138 valence electrons. The Balaban J connectivity index is 2.15. The van der Waals surface area contributed by atoms with Crippen molar-refractivity contribution in [2.45, 2.75) is 0 Å². The highest BCUT2D eigenvalue weighted by Gasteiger charge is 2.07. The van der Waals surface area contributed by atoms with Crippen LogP contribution in [0.1, 0.15) is 11.1 Å². The molecule has 6 N–H and O–H groups in total. The number of fused-ring (bicyclic) bond motifs is 1. The average Bonchev–Trinajstić information content (AvgIpc) is 2.69. The molecule has 0 aliphatic heterocycles. The molecule has 0 amide bonds. The quantitative estimate of drug-likeness (QED) is 0.409. The molecule has 0 radical (unpaired) electrons. The maximum Gasteiger partial charge on any atom is 0.122 e. The standard InChI is InChI=1S/C24H20N2O2/c25-21-9-5-8-18-20(21)14-17(12-15-6-1-3-10-22(15)27)19(24(18)26)13-16-7-2-4-11-23(16)28/h1-14,27-28H,25-26H2. The molecule has 0 heterocycles. The van der Waals surface area contributed by atoms with E-state index < -0.39 is 0 Å². The molecule has 0 aliphatic carbocycles. The van der Waals surface area contributed by atoms with Gasteiger partial charge in [-0.1, -0.05) is 48.5 Å². The molecule has 0 aromatic heterocycles. The summed E-state index contributed by atoms with van der Waals surface area (Å²) in [7, 11) is 0. The van der Waals surface area contributed by atoms with Crippen LogP contribution in [0, 0.1) is 0 Å². The third-order valence-electron chi connectivity index (χ3n) is 4.82. The van der Waals surface area contributed by atoms with Gasteiger partial charge in [-0.15, -0.1) is 0 Å². The zero-order chi connectivity index (χ0) is 19.7. The fraction of sp³-hybridized carbons (Fsp3) is 0. The Morgan fingerprint density at radius 3 is 1.89 bits per heavy atom. The Labute approximate surface area is 162 Å². The van der Waals surface area contributed by atoms with Crippen molar-refractivity contribution in [2.24, 2.45) is 0 Å². The van der Waals surface area contributed by atoms with E-state index in [0.717, 1.165) is 21.2 Å². The molecule has 0 saturated heterocycles. The third-order valence-corrected chi connectivity index (χ3v) is 4.82. The molecule has 0 bridgehead atoms. The number of nitrogen functional groups attached to an aromatic ring is 2. The predicted molar refractivity (Wildman–Crippen MR) is 115 cm³/mol. The van der Waals surface area contributed by atoms with Crippen LogP contribution >= 0.6 is 0 Å². The van der Waals surface area contributed by atoms with Gasteiger partial charge in [-0.25, -0.2) is 0 Å². The van der Waals surface area contributed by atoms with Crippen molar-refractivity contribution in [3.8, 4) is 11.5 Å². The normalized spacial score (nSPS) is 12.6. The first-order valence-corrected chi connectivity index (χ1v) is 8.91. The first kappa shape index (κ1) is 17.5. The summed E-state index contributed by atoms with van der Waals surface area (Å²) in [5.41, 5.74) is 15.2. The van der Waals surface area contributed by atoms with E-state index in [4.69, 9.17) is 11.5 Å². The van der Waals surface area contributed by atoms with E-state index in [0.29, 0.717) is 22.5 Å². The van der Waals surface area contributed by atoms with E-state index in [1.165, 1.54) is 0 Å². The molecule has 0 fully saturated rings. The average molecular weight is 368 g/mol. The van der Waals surface area contributed by atoms with Crippen molar-refractivity contribution in [1.29, 1.82) is 0 Å². The van der Waals surface area contributed by atoms with Crippen LogP contribution in [0.25, 0.3) is 22.9 Å². The van der Waals surface area contributed by atoms with Crippen LogP contribution in [0.5, 0.6) is 11.5 Å². The minimum Gasteiger partial charge on any atom is -0.507 e. The molecule has 4 aromatic carbocycles. The van der Waals surface area contributed by atoms with E-state index in [1.54, 1.807) is 24.3 Å². The van der Waals surface area contributed by atoms with Gasteiger partial charge in [0.05, 0.1) is 0 Å². The number of anilines is 2. The number of benzene rings is 4. The van der Waals surface area contributed by atoms with Gasteiger partial charge in [0.1, 0.15) is 11.5 Å². The lowest BCUT2D eigenvalue weighted by Crippen LogP contribution is -2.28. The fourth-order valence-electron chi connectivity index (χ4n) is 3.34. The molecule has 4 heteroatoms. The first-order chi connectivity index (χ1) is 13.5. The number of hydrogen-bond donors (Lipinski definition) is 4. The molecule has 28 heavy (non-hydrogen) atoms. The summed E-state index contributed by atoms with van der Waals surface area (Å²) in [5, 5.41) is 23.6. The van der Waals surface area contributed by atoms with Crippen LogP contribution in [0.15, 0.2) is 72.8 Å². The van der Waals surface area contributed by atoms with Crippen molar-refractivity contribution < 1.29 is 10.2 Å². The van der Waals surface area contributed by atoms with Crippen LogP contribution in [0.3, 0.4) is 0 Å². The summed E-state index contributed by atoms with van der Waals surface area (Å²) in [6.07, 6.45) is 3.71. The molecule has 4 rings (SSSR count). The Morgan fingerprint density at radius 1 is 0.643 bits per heavy atom. The van der Waals surface area contributed by atoms with Crippen molar-refractivity contribution in [3.63, 3.8) is 0 Å². The second-order valence-electron chi connectivity index (χ2n) is 6.64. The maximum atomic E-state index is 10.2. The van der Waals surface area contributed by atoms with Crippen LogP contribution in [-0.4, -0.2) is 10.2 Å². The summed E-state index contributed by atoms with van der Waals surface area (Å²) in [6.45, 7) is 0. The van der Waals surface area contributed by atoms with E-state index in [1.807, 2.05) is 60.7 Å². The Hall–Kier alpha value is -3.92. The molecule has 0 saturated carbocycles.